The Balaban J connectivity index is 0.00000312. The van der Waals surface area contributed by atoms with E-state index in [0.29, 0.717) is 42.6 Å². The number of carbonyl (C=O) groups is 2. The molecule has 1 aliphatic rings. The molecule has 2 rings (SSSR count). The molecule has 4 N–H and O–H groups in total. The van der Waals surface area contributed by atoms with Gasteiger partial charge in [0, 0.05) is 19.5 Å². The third kappa shape index (κ3) is 6.67. The zero-order valence-electron chi connectivity index (χ0n) is 14.9. The van der Waals surface area contributed by atoms with Crippen LogP contribution in [-0.2, 0) is 4.79 Å². The zero-order chi connectivity index (χ0) is 17.4. The molecule has 25 heavy (non-hydrogen) atoms. The van der Waals surface area contributed by atoms with E-state index in [-0.39, 0.29) is 24.2 Å². The Kier molecular flexibility index (Phi) is 9.53. The average Bonchev–Trinajstić information content (AvgIpc) is 2.60. The molecule has 1 aromatic carbocycles. The molecule has 6 heteroatoms. The standard InChI is InChI=1S/C19H29N3O2.ClH/c1-14(15-7-3-2-4-8-15)13-18(23)22-17-10-6-5-9-16(17)19(24)21-12-11-20;/h5-6,9-10,14-15H,2-4,7-8,11-13,20H2,1H3,(H,21,24)(H,22,23);1H. The summed E-state index contributed by atoms with van der Waals surface area (Å²) in [5.74, 6) is 0.792. The van der Waals surface area contributed by atoms with Gasteiger partial charge in [-0.25, -0.2) is 0 Å². The number of amides is 2. The Morgan fingerprint density at radius 2 is 1.88 bits per heavy atom. The van der Waals surface area contributed by atoms with Crippen molar-refractivity contribution < 1.29 is 9.59 Å². The molecule has 140 valence electrons. The molecule has 1 aromatic rings. The van der Waals surface area contributed by atoms with Gasteiger partial charge in [0.15, 0.2) is 0 Å². The van der Waals surface area contributed by atoms with Gasteiger partial charge in [0.2, 0.25) is 5.91 Å². The maximum Gasteiger partial charge on any atom is 0.253 e. The number of anilines is 1. The van der Waals surface area contributed by atoms with Crippen LogP contribution in [0.3, 0.4) is 0 Å². The lowest BCUT2D eigenvalue weighted by atomic mass is 9.79. The Morgan fingerprint density at radius 1 is 1.20 bits per heavy atom. The van der Waals surface area contributed by atoms with Crippen LogP contribution in [0.2, 0.25) is 0 Å². The molecule has 0 saturated heterocycles. The first kappa shape index (κ1) is 21.5. The molecule has 1 unspecified atom stereocenters. The Hall–Kier alpha value is -1.59. The van der Waals surface area contributed by atoms with E-state index in [1.165, 1.54) is 32.1 Å². The topological polar surface area (TPSA) is 84.2 Å². The maximum atomic E-state index is 12.4. The Bertz CT molecular complexity index is 559. The minimum Gasteiger partial charge on any atom is -0.351 e. The fourth-order valence-electron chi connectivity index (χ4n) is 3.43. The van der Waals surface area contributed by atoms with Crippen molar-refractivity contribution in [2.45, 2.75) is 45.4 Å². The number of rotatable bonds is 7. The zero-order valence-corrected chi connectivity index (χ0v) is 15.7. The van der Waals surface area contributed by atoms with E-state index in [4.69, 9.17) is 5.73 Å². The van der Waals surface area contributed by atoms with Gasteiger partial charge in [0.05, 0.1) is 11.3 Å². The van der Waals surface area contributed by atoms with Gasteiger partial charge >= 0.3 is 0 Å². The second kappa shape index (κ2) is 11.1. The highest BCUT2D eigenvalue weighted by Gasteiger charge is 2.22. The molecule has 1 fully saturated rings. The molecule has 1 aliphatic carbocycles. The third-order valence-electron chi connectivity index (χ3n) is 4.84. The lowest BCUT2D eigenvalue weighted by molar-refractivity contribution is -0.117. The van der Waals surface area contributed by atoms with Gasteiger partial charge in [-0.3, -0.25) is 9.59 Å². The van der Waals surface area contributed by atoms with Gasteiger partial charge in [-0.15, -0.1) is 12.4 Å². The molecule has 2 amide bonds. The van der Waals surface area contributed by atoms with E-state index in [0.717, 1.165) is 0 Å². The van der Waals surface area contributed by atoms with Crippen LogP contribution < -0.4 is 16.4 Å². The van der Waals surface area contributed by atoms with Gasteiger partial charge in [-0.1, -0.05) is 51.2 Å². The number of para-hydroxylation sites is 1. The molecule has 0 radical (unpaired) electrons. The largest absolute Gasteiger partial charge is 0.351 e. The third-order valence-corrected chi connectivity index (χ3v) is 4.84. The smallest absolute Gasteiger partial charge is 0.253 e. The van der Waals surface area contributed by atoms with Crippen LogP contribution in [-0.4, -0.2) is 24.9 Å². The van der Waals surface area contributed by atoms with Gasteiger partial charge in [-0.2, -0.15) is 0 Å². The van der Waals surface area contributed by atoms with E-state index in [9.17, 15) is 9.59 Å². The first-order valence-corrected chi connectivity index (χ1v) is 8.99. The van der Waals surface area contributed by atoms with Crippen molar-refractivity contribution >= 4 is 29.9 Å². The summed E-state index contributed by atoms with van der Waals surface area (Å²) in [6.07, 6.45) is 6.84. The number of hydrogen-bond acceptors (Lipinski definition) is 3. The summed E-state index contributed by atoms with van der Waals surface area (Å²) < 4.78 is 0. The van der Waals surface area contributed by atoms with E-state index >= 15 is 0 Å². The van der Waals surface area contributed by atoms with Crippen molar-refractivity contribution in [2.75, 3.05) is 18.4 Å². The monoisotopic (exact) mass is 367 g/mol. The number of halogens is 1. The first-order chi connectivity index (χ1) is 11.6. The number of nitrogens with two attached hydrogens (primary N) is 1. The quantitative estimate of drug-likeness (QED) is 0.691. The van der Waals surface area contributed by atoms with Crippen molar-refractivity contribution in [3.05, 3.63) is 29.8 Å². The van der Waals surface area contributed by atoms with E-state index in [1.807, 2.05) is 6.07 Å². The second-order valence-electron chi connectivity index (χ2n) is 6.72. The SMILES string of the molecule is CC(CC(=O)Nc1ccccc1C(=O)NCCN)C1CCCCC1.Cl. The summed E-state index contributed by atoms with van der Waals surface area (Å²) in [5, 5.41) is 5.65. The van der Waals surface area contributed by atoms with Crippen LogP contribution in [0.1, 0.15) is 55.8 Å². The van der Waals surface area contributed by atoms with Crippen LogP contribution >= 0.6 is 12.4 Å². The fraction of sp³-hybridized carbons (Fsp3) is 0.579. The molecular weight excluding hydrogens is 338 g/mol. The normalized spacial score (nSPS) is 15.8. The highest BCUT2D eigenvalue weighted by molar-refractivity contribution is 6.03. The molecule has 1 atom stereocenters. The number of hydrogen-bond donors (Lipinski definition) is 3. The van der Waals surface area contributed by atoms with Crippen LogP contribution in [0, 0.1) is 11.8 Å². The highest BCUT2D eigenvalue weighted by atomic mass is 35.5. The molecule has 5 nitrogen and oxygen atoms in total. The van der Waals surface area contributed by atoms with E-state index in [1.54, 1.807) is 18.2 Å². The van der Waals surface area contributed by atoms with Gasteiger partial charge < -0.3 is 16.4 Å². The summed E-state index contributed by atoms with van der Waals surface area (Å²) in [5.41, 5.74) is 6.45. The summed E-state index contributed by atoms with van der Waals surface area (Å²) in [4.78, 5) is 24.5. The number of nitrogens with one attached hydrogen (secondary N) is 2. The van der Waals surface area contributed by atoms with Gasteiger partial charge in [-0.05, 0) is 24.0 Å². The van der Waals surface area contributed by atoms with Crippen molar-refractivity contribution in [2.24, 2.45) is 17.6 Å². The molecule has 0 bridgehead atoms. The number of carbonyl (C=O) groups excluding carboxylic acids is 2. The van der Waals surface area contributed by atoms with Crippen LogP contribution in [0.5, 0.6) is 0 Å². The Labute approximate surface area is 156 Å². The average molecular weight is 368 g/mol. The molecular formula is C19H30ClN3O2. The van der Waals surface area contributed by atoms with Crippen LogP contribution in [0.4, 0.5) is 5.69 Å². The fourth-order valence-corrected chi connectivity index (χ4v) is 3.43. The Morgan fingerprint density at radius 3 is 2.56 bits per heavy atom. The maximum absolute atomic E-state index is 12.4. The van der Waals surface area contributed by atoms with Crippen LogP contribution in [0.25, 0.3) is 0 Å². The lowest BCUT2D eigenvalue weighted by Crippen LogP contribution is -2.30. The van der Waals surface area contributed by atoms with Gasteiger partial charge in [0.25, 0.3) is 5.91 Å². The van der Waals surface area contributed by atoms with E-state index in [2.05, 4.69) is 17.6 Å². The highest BCUT2D eigenvalue weighted by Crippen LogP contribution is 2.31. The molecule has 1 saturated carbocycles. The minimum atomic E-state index is -0.211. The van der Waals surface area contributed by atoms with Gasteiger partial charge in [0.1, 0.15) is 0 Å². The number of benzene rings is 1. The van der Waals surface area contributed by atoms with E-state index < -0.39 is 0 Å². The summed E-state index contributed by atoms with van der Waals surface area (Å²) in [6.45, 7) is 2.97. The van der Waals surface area contributed by atoms with Crippen molar-refractivity contribution in [1.29, 1.82) is 0 Å². The predicted molar refractivity (Wildman–Crippen MR) is 104 cm³/mol. The molecule has 0 spiro atoms. The second-order valence-corrected chi connectivity index (χ2v) is 6.72. The molecule has 0 aromatic heterocycles. The lowest BCUT2D eigenvalue weighted by Gasteiger charge is -2.27. The summed E-state index contributed by atoms with van der Waals surface area (Å²) >= 11 is 0. The van der Waals surface area contributed by atoms with Crippen molar-refractivity contribution in [3.63, 3.8) is 0 Å². The van der Waals surface area contributed by atoms with Crippen molar-refractivity contribution in [3.8, 4) is 0 Å². The summed E-state index contributed by atoms with van der Waals surface area (Å²) in [6, 6.07) is 7.09. The van der Waals surface area contributed by atoms with Crippen LogP contribution in [0.15, 0.2) is 24.3 Å². The molecule has 0 heterocycles. The van der Waals surface area contributed by atoms with Crippen molar-refractivity contribution in [1.82, 2.24) is 5.32 Å². The minimum absolute atomic E-state index is 0. The predicted octanol–water partition coefficient (Wildman–Crippen LogP) is 3.34. The summed E-state index contributed by atoms with van der Waals surface area (Å²) in [7, 11) is 0. The first-order valence-electron chi connectivity index (χ1n) is 8.99. The molecule has 0 aliphatic heterocycles.